The second kappa shape index (κ2) is 6.02. The van der Waals surface area contributed by atoms with Gasteiger partial charge in [0, 0.05) is 31.0 Å². The zero-order valence-corrected chi connectivity index (χ0v) is 16.2. The van der Waals surface area contributed by atoms with Gasteiger partial charge in [0.15, 0.2) is 5.65 Å². The molecule has 4 heterocycles. The van der Waals surface area contributed by atoms with Gasteiger partial charge in [0.05, 0.1) is 5.69 Å². The number of aryl methyl sites for hydroxylation is 3. The summed E-state index contributed by atoms with van der Waals surface area (Å²) < 4.78 is 1.69. The number of hydrogen-bond donors (Lipinski definition) is 1. The number of fused-ring (bicyclic) bond motifs is 2. The average molecular weight is 371 g/mol. The molecule has 0 bridgehead atoms. The molecular weight excluding hydrogens is 346 g/mol. The molecule has 0 spiro atoms. The Kier molecular flexibility index (Phi) is 3.99. The number of amides is 1. The monoisotopic (exact) mass is 371 g/mol. The van der Waals surface area contributed by atoms with E-state index >= 15 is 0 Å². The van der Waals surface area contributed by atoms with Crippen molar-refractivity contribution in [2.75, 3.05) is 33.2 Å². The van der Waals surface area contributed by atoms with E-state index in [0.717, 1.165) is 24.4 Å². The Hall–Kier alpha value is -2.48. The SMILES string of the molecule is Cc1cc(C)n2nc(C)c(C(=O)N3C[C@H]4CCN(C)C[C@@]4(C(=O)O)C3)c2n1. The van der Waals surface area contributed by atoms with Gasteiger partial charge in [-0.25, -0.2) is 9.50 Å². The number of piperidine rings is 1. The molecule has 1 amide bonds. The van der Waals surface area contributed by atoms with Gasteiger partial charge < -0.3 is 14.9 Å². The van der Waals surface area contributed by atoms with Gasteiger partial charge in [0.2, 0.25) is 0 Å². The van der Waals surface area contributed by atoms with Crippen LogP contribution in [0.15, 0.2) is 6.07 Å². The molecule has 0 saturated carbocycles. The molecule has 0 aromatic carbocycles. The minimum atomic E-state index is -0.890. The van der Waals surface area contributed by atoms with E-state index in [0.29, 0.717) is 30.0 Å². The zero-order chi connectivity index (χ0) is 19.5. The van der Waals surface area contributed by atoms with Gasteiger partial charge in [0.25, 0.3) is 5.91 Å². The quantitative estimate of drug-likeness (QED) is 0.851. The number of carboxylic acids is 1. The standard InChI is InChI=1S/C19H25N5O3/c1-11-7-12(2)24-16(20-11)15(13(3)21-24)17(25)23-8-14-5-6-22(4)9-19(14,10-23)18(26)27/h7,14H,5-6,8-10H2,1-4H3,(H,26,27)/t14-,19-/m1/s1. The number of carbonyl (C=O) groups excluding carboxylic acids is 1. The lowest BCUT2D eigenvalue weighted by Crippen LogP contribution is -2.52. The van der Waals surface area contributed by atoms with Crippen LogP contribution in [0.1, 0.15) is 33.9 Å². The molecule has 27 heavy (non-hydrogen) atoms. The molecule has 8 heteroatoms. The molecule has 2 aromatic rings. The molecule has 8 nitrogen and oxygen atoms in total. The number of likely N-dealkylation sites (tertiary alicyclic amines) is 2. The minimum Gasteiger partial charge on any atom is -0.481 e. The molecular formula is C19H25N5O3. The first-order chi connectivity index (χ1) is 12.7. The van der Waals surface area contributed by atoms with Crippen LogP contribution in [-0.2, 0) is 4.79 Å². The van der Waals surface area contributed by atoms with E-state index in [4.69, 9.17) is 0 Å². The number of rotatable bonds is 2. The molecule has 2 aliphatic rings. The highest BCUT2D eigenvalue weighted by Crippen LogP contribution is 2.42. The highest BCUT2D eigenvalue weighted by atomic mass is 16.4. The van der Waals surface area contributed by atoms with Gasteiger partial charge in [-0.15, -0.1) is 0 Å². The van der Waals surface area contributed by atoms with Crippen LogP contribution in [-0.4, -0.2) is 74.6 Å². The lowest BCUT2D eigenvalue weighted by Gasteiger charge is -2.39. The Morgan fingerprint density at radius 2 is 2.00 bits per heavy atom. The zero-order valence-electron chi connectivity index (χ0n) is 16.2. The van der Waals surface area contributed by atoms with Crippen molar-refractivity contribution in [2.45, 2.75) is 27.2 Å². The number of hydrogen-bond acceptors (Lipinski definition) is 5. The summed E-state index contributed by atoms with van der Waals surface area (Å²) in [6.07, 6.45) is 0.788. The predicted octanol–water partition coefficient (Wildman–Crippen LogP) is 1.13. The number of carbonyl (C=O) groups is 2. The largest absolute Gasteiger partial charge is 0.481 e. The third kappa shape index (κ3) is 2.62. The van der Waals surface area contributed by atoms with E-state index in [2.05, 4.69) is 10.1 Å². The van der Waals surface area contributed by atoms with Crippen molar-refractivity contribution in [1.29, 1.82) is 0 Å². The summed E-state index contributed by atoms with van der Waals surface area (Å²) in [6, 6.07) is 1.92. The molecule has 144 valence electrons. The van der Waals surface area contributed by atoms with Gasteiger partial charge >= 0.3 is 5.97 Å². The summed E-state index contributed by atoms with van der Waals surface area (Å²) in [5.41, 5.74) is 2.50. The fraction of sp³-hybridized carbons (Fsp3) is 0.579. The van der Waals surface area contributed by atoms with E-state index < -0.39 is 11.4 Å². The molecule has 0 unspecified atom stereocenters. The summed E-state index contributed by atoms with van der Waals surface area (Å²) in [6.45, 7) is 7.67. The fourth-order valence-electron chi connectivity index (χ4n) is 4.76. The molecule has 2 aromatic heterocycles. The smallest absolute Gasteiger partial charge is 0.313 e. The molecule has 0 radical (unpaired) electrons. The summed E-state index contributed by atoms with van der Waals surface area (Å²) in [5, 5.41) is 14.4. The van der Waals surface area contributed by atoms with Gasteiger partial charge in [-0.2, -0.15) is 5.10 Å². The van der Waals surface area contributed by atoms with Crippen molar-refractivity contribution < 1.29 is 14.7 Å². The molecule has 2 atom stereocenters. The molecule has 2 fully saturated rings. The first-order valence-electron chi connectivity index (χ1n) is 9.28. The lowest BCUT2D eigenvalue weighted by atomic mass is 9.73. The minimum absolute atomic E-state index is 0.0197. The first kappa shape index (κ1) is 17.9. The van der Waals surface area contributed by atoms with Crippen molar-refractivity contribution >= 4 is 17.5 Å². The van der Waals surface area contributed by atoms with Gasteiger partial charge in [-0.1, -0.05) is 0 Å². The van der Waals surface area contributed by atoms with E-state index in [9.17, 15) is 14.7 Å². The predicted molar refractivity (Wildman–Crippen MR) is 98.8 cm³/mol. The first-order valence-corrected chi connectivity index (χ1v) is 9.28. The molecule has 0 aliphatic carbocycles. The fourth-order valence-corrected chi connectivity index (χ4v) is 4.76. The van der Waals surface area contributed by atoms with Crippen molar-refractivity contribution in [3.05, 3.63) is 28.7 Å². The van der Waals surface area contributed by atoms with E-state index in [-0.39, 0.29) is 18.4 Å². The van der Waals surface area contributed by atoms with Crippen molar-refractivity contribution in [3.8, 4) is 0 Å². The Balaban J connectivity index is 1.74. The molecule has 2 saturated heterocycles. The number of nitrogens with zero attached hydrogens (tertiary/aromatic N) is 5. The maximum Gasteiger partial charge on any atom is 0.313 e. The van der Waals surface area contributed by atoms with Gasteiger partial charge in [-0.05, 0) is 52.8 Å². The lowest BCUT2D eigenvalue weighted by molar-refractivity contribution is -0.153. The summed E-state index contributed by atoms with van der Waals surface area (Å²) >= 11 is 0. The van der Waals surface area contributed by atoms with Crippen LogP contribution in [0.3, 0.4) is 0 Å². The Labute approximate surface area is 157 Å². The highest BCUT2D eigenvalue weighted by molar-refractivity contribution is 6.01. The van der Waals surface area contributed by atoms with E-state index in [1.807, 2.05) is 31.9 Å². The van der Waals surface area contributed by atoms with Crippen LogP contribution in [0, 0.1) is 32.1 Å². The highest BCUT2D eigenvalue weighted by Gasteiger charge is 2.55. The second-order valence-electron chi connectivity index (χ2n) is 8.11. The topological polar surface area (TPSA) is 91.0 Å². The Morgan fingerprint density at radius 3 is 2.70 bits per heavy atom. The maximum atomic E-state index is 13.4. The summed E-state index contributed by atoms with van der Waals surface area (Å²) in [7, 11) is 1.94. The van der Waals surface area contributed by atoms with Crippen LogP contribution in [0.2, 0.25) is 0 Å². The third-order valence-electron chi connectivity index (χ3n) is 6.10. The van der Waals surface area contributed by atoms with Crippen molar-refractivity contribution in [2.24, 2.45) is 11.3 Å². The number of aromatic nitrogens is 3. The molecule has 4 rings (SSSR count). The van der Waals surface area contributed by atoms with Crippen LogP contribution in [0.25, 0.3) is 5.65 Å². The van der Waals surface area contributed by atoms with Crippen molar-refractivity contribution in [3.63, 3.8) is 0 Å². The molecule has 1 N–H and O–H groups in total. The normalized spacial score (nSPS) is 25.8. The van der Waals surface area contributed by atoms with Crippen LogP contribution < -0.4 is 0 Å². The van der Waals surface area contributed by atoms with Gasteiger partial charge in [0.1, 0.15) is 11.0 Å². The van der Waals surface area contributed by atoms with Crippen molar-refractivity contribution in [1.82, 2.24) is 24.4 Å². The number of aliphatic carboxylic acids is 1. The van der Waals surface area contributed by atoms with Crippen LogP contribution >= 0.6 is 0 Å². The Bertz CT molecular complexity index is 952. The molecule has 2 aliphatic heterocycles. The third-order valence-corrected chi connectivity index (χ3v) is 6.10. The van der Waals surface area contributed by atoms with Gasteiger partial charge in [-0.3, -0.25) is 9.59 Å². The second-order valence-corrected chi connectivity index (χ2v) is 8.11. The van der Waals surface area contributed by atoms with E-state index in [1.165, 1.54) is 0 Å². The van der Waals surface area contributed by atoms with E-state index in [1.54, 1.807) is 16.3 Å². The maximum absolute atomic E-state index is 13.4. The average Bonchev–Trinajstić information content (AvgIpc) is 3.12. The van der Waals surface area contributed by atoms with Crippen LogP contribution in [0.4, 0.5) is 0 Å². The van der Waals surface area contributed by atoms with Crippen LogP contribution in [0.5, 0.6) is 0 Å². The number of carboxylic acid groups (broad SMARTS) is 1. The summed E-state index contributed by atoms with van der Waals surface area (Å²) in [5.74, 6) is -0.998. The Morgan fingerprint density at radius 1 is 1.26 bits per heavy atom. The summed E-state index contributed by atoms with van der Waals surface area (Å²) in [4.78, 5) is 33.8.